The standard InChI is InChI=1S/C16H15Cl2N5O3/c1-2-3-10(20-16(25)26)14-21-13-9(18)5-4-8(17)12(13)15(24)23(14)11-6-7-19-22-11/h4-7,10,20H,2-3H2,1H3,(H,19,22)(H,25,26). The first-order chi connectivity index (χ1) is 12.4. The molecule has 1 atom stereocenters. The molecule has 0 aliphatic carbocycles. The quantitative estimate of drug-likeness (QED) is 0.611. The van der Waals surface area contributed by atoms with Crippen molar-refractivity contribution in [1.29, 1.82) is 0 Å². The normalized spacial score (nSPS) is 12.3. The van der Waals surface area contributed by atoms with Crippen molar-refractivity contribution in [2.24, 2.45) is 0 Å². The molecule has 0 radical (unpaired) electrons. The van der Waals surface area contributed by atoms with Crippen molar-refractivity contribution in [3.05, 3.63) is 50.6 Å². The predicted molar refractivity (Wildman–Crippen MR) is 98.3 cm³/mol. The molecule has 1 unspecified atom stereocenters. The van der Waals surface area contributed by atoms with Crippen molar-refractivity contribution in [3.63, 3.8) is 0 Å². The molecule has 3 rings (SSSR count). The molecule has 0 saturated carbocycles. The summed E-state index contributed by atoms with van der Waals surface area (Å²) in [4.78, 5) is 28.9. The summed E-state index contributed by atoms with van der Waals surface area (Å²) in [5.74, 6) is 0.478. The molecular formula is C16H15Cl2N5O3. The van der Waals surface area contributed by atoms with Gasteiger partial charge in [-0.2, -0.15) is 5.10 Å². The molecule has 0 fully saturated rings. The SMILES string of the molecule is CCCC(NC(=O)O)c1nc2c(Cl)ccc(Cl)c2c(=O)n1-c1cc[nH]n1. The van der Waals surface area contributed by atoms with Crippen LogP contribution >= 0.6 is 23.2 Å². The van der Waals surface area contributed by atoms with Crippen LogP contribution in [0.4, 0.5) is 4.79 Å². The molecule has 3 aromatic rings. The Morgan fingerprint density at radius 3 is 2.69 bits per heavy atom. The van der Waals surface area contributed by atoms with Crippen molar-refractivity contribution in [1.82, 2.24) is 25.1 Å². The van der Waals surface area contributed by atoms with Crippen LogP contribution in [0, 0.1) is 0 Å². The van der Waals surface area contributed by atoms with E-state index in [0.29, 0.717) is 12.8 Å². The van der Waals surface area contributed by atoms with E-state index >= 15 is 0 Å². The van der Waals surface area contributed by atoms with Crippen molar-refractivity contribution in [2.75, 3.05) is 0 Å². The summed E-state index contributed by atoms with van der Waals surface area (Å²) >= 11 is 12.4. The molecule has 0 aliphatic rings. The van der Waals surface area contributed by atoms with Crippen LogP contribution in [0.1, 0.15) is 31.6 Å². The first-order valence-corrected chi connectivity index (χ1v) is 8.60. The largest absolute Gasteiger partial charge is 0.465 e. The number of aromatic amines is 1. The van der Waals surface area contributed by atoms with Crippen LogP contribution < -0.4 is 10.9 Å². The summed E-state index contributed by atoms with van der Waals surface area (Å²) in [7, 11) is 0. The number of rotatable bonds is 5. The smallest absolute Gasteiger partial charge is 0.405 e. The molecule has 136 valence electrons. The Bertz CT molecular complexity index is 1020. The monoisotopic (exact) mass is 395 g/mol. The van der Waals surface area contributed by atoms with Crippen LogP contribution in [0.15, 0.2) is 29.2 Å². The predicted octanol–water partition coefficient (Wildman–Crippen LogP) is 3.52. The number of H-pyrrole nitrogens is 1. The molecule has 1 aromatic carbocycles. The second-order valence-electron chi connectivity index (χ2n) is 5.59. The summed E-state index contributed by atoms with van der Waals surface area (Å²) in [6.07, 6.45) is 1.44. The van der Waals surface area contributed by atoms with E-state index < -0.39 is 17.7 Å². The number of nitrogens with one attached hydrogen (secondary N) is 2. The lowest BCUT2D eigenvalue weighted by molar-refractivity contribution is 0.188. The van der Waals surface area contributed by atoms with E-state index in [4.69, 9.17) is 23.2 Å². The molecule has 8 nitrogen and oxygen atoms in total. The Hall–Kier alpha value is -2.58. The van der Waals surface area contributed by atoms with Gasteiger partial charge in [0.05, 0.1) is 27.0 Å². The van der Waals surface area contributed by atoms with Gasteiger partial charge in [0.1, 0.15) is 5.82 Å². The van der Waals surface area contributed by atoms with E-state index in [1.165, 1.54) is 10.6 Å². The third-order valence-electron chi connectivity index (χ3n) is 3.85. The topological polar surface area (TPSA) is 113 Å². The number of hydrogen-bond donors (Lipinski definition) is 3. The second-order valence-corrected chi connectivity index (χ2v) is 6.40. The lowest BCUT2D eigenvalue weighted by Gasteiger charge is -2.20. The zero-order valence-corrected chi connectivity index (χ0v) is 15.2. The van der Waals surface area contributed by atoms with Gasteiger partial charge in [-0.25, -0.2) is 14.3 Å². The van der Waals surface area contributed by atoms with Crippen LogP contribution in [0.3, 0.4) is 0 Å². The van der Waals surface area contributed by atoms with Gasteiger partial charge >= 0.3 is 6.09 Å². The van der Waals surface area contributed by atoms with E-state index in [0.717, 1.165) is 0 Å². The number of benzene rings is 1. The van der Waals surface area contributed by atoms with Gasteiger partial charge in [0.2, 0.25) is 0 Å². The van der Waals surface area contributed by atoms with Gasteiger partial charge in [0.25, 0.3) is 5.56 Å². The summed E-state index contributed by atoms with van der Waals surface area (Å²) in [5.41, 5.74) is -0.253. The maximum Gasteiger partial charge on any atom is 0.405 e. The van der Waals surface area contributed by atoms with Crippen molar-refractivity contribution in [3.8, 4) is 5.82 Å². The van der Waals surface area contributed by atoms with Crippen LogP contribution in [-0.4, -0.2) is 30.9 Å². The minimum Gasteiger partial charge on any atom is -0.465 e. The molecule has 2 aromatic heterocycles. The van der Waals surface area contributed by atoms with Crippen LogP contribution in [0.2, 0.25) is 10.0 Å². The minimum atomic E-state index is -1.22. The number of carbonyl (C=O) groups is 1. The average molecular weight is 396 g/mol. The van der Waals surface area contributed by atoms with Crippen LogP contribution in [-0.2, 0) is 0 Å². The van der Waals surface area contributed by atoms with E-state index in [2.05, 4.69) is 20.5 Å². The van der Waals surface area contributed by atoms with E-state index in [-0.39, 0.29) is 32.6 Å². The lowest BCUT2D eigenvalue weighted by atomic mass is 10.1. The highest BCUT2D eigenvalue weighted by molar-refractivity contribution is 6.39. The Labute approximate surface area is 157 Å². The van der Waals surface area contributed by atoms with E-state index in [9.17, 15) is 14.7 Å². The number of halogens is 2. The molecule has 0 spiro atoms. The number of aromatic nitrogens is 4. The van der Waals surface area contributed by atoms with Gasteiger partial charge in [0.15, 0.2) is 5.82 Å². The molecule has 10 heteroatoms. The summed E-state index contributed by atoms with van der Waals surface area (Å²) < 4.78 is 1.25. The van der Waals surface area contributed by atoms with Gasteiger partial charge in [-0.1, -0.05) is 36.5 Å². The average Bonchev–Trinajstić information content (AvgIpc) is 3.11. The fraction of sp³-hybridized carbons (Fsp3) is 0.250. The molecule has 0 aliphatic heterocycles. The maximum absolute atomic E-state index is 13.2. The summed E-state index contributed by atoms with van der Waals surface area (Å²) in [5, 5.41) is 18.9. The number of carboxylic acid groups (broad SMARTS) is 1. The van der Waals surface area contributed by atoms with Gasteiger partial charge in [-0.15, -0.1) is 0 Å². The highest BCUT2D eigenvalue weighted by Gasteiger charge is 2.24. The number of amides is 1. The van der Waals surface area contributed by atoms with Crippen molar-refractivity contribution < 1.29 is 9.90 Å². The molecule has 26 heavy (non-hydrogen) atoms. The third-order valence-corrected chi connectivity index (χ3v) is 4.47. The fourth-order valence-electron chi connectivity index (χ4n) is 2.77. The van der Waals surface area contributed by atoms with Gasteiger partial charge in [-0.3, -0.25) is 9.89 Å². The van der Waals surface area contributed by atoms with E-state index in [1.807, 2.05) is 6.92 Å². The van der Waals surface area contributed by atoms with Gasteiger partial charge in [0, 0.05) is 12.3 Å². The summed E-state index contributed by atoms with van der Waals surface area (Å²) in [6, 6.07) is 3.92. The summed E-state index contributed by atoms with van der Waals surface area (Å²) in [6.45, 7) is 1.90. The van der Waals surface area contributed by atoms with Crippen LogP contribution in [0.25, 0.3) is 16.7 Å². The zero-order valence-electron chi connectivity index (χ0n) is 13.7. The molecule has 1 amide bonds. The zero-order chi connectivity index (χ0) is 18.8. The number of hydrogen-bond acceptors (Lipinski definition) is 4. The highest BCUT2D eigenvalue weighted by Crippen LogP contribution is 2.28. The first-order valence-electron chi connectivity index (χ1n) is 7.84. The van der Waals surface area contributed by atoms with Crippen molar-refractivity contribution in [2.45, 2.75) is 25.8 Å². The van der Waals surface area contributed by atoms with Gasteiger partial charge < -0.3 is 10.4 Å². The van der Waals surface area contributed by atoms with E-state index in [1.54, 1.807) is 18.3 Å². The lowest BCUT2D eigenvalue weighted by Crippen LogP contribution is -2.34. The number of nitrogens with zero attached hydrogens (tertiary/aromatic N) is 3. The van der Waals surface area contributed by atoms with Crippen molar-refractivity contribution >= 4 is 40.2 Å². The third kappa shape index (κ3) is 3.25. The first kappa shape index (κ1) is 18.2. The minimum absolute atomic E-state index is 0.150. The molecule has 3 N–H and O–H groups in total. The maximum atomic E-state index is 13.2. The highest BCUT2D eigenvalue weighted by atomic mass is 35.5. The van der Waals surface area contributed by atoms with Gasteiger partial charge in [-0.05, 0) is 18.6 Å². The Morgan fingerprint density at radius 1 is 1.35 bits per heavy atom. The number of fused-ring (bicyclic) bond motifs is 1. The Balaban J connectivity index is 2.39. The molecule has 0 saturated heterocycles. The Morgan fingerprint density at radius 2 is 2.08 bits per heavy atom. The van der Waals surface area contributed by atoms with Crippen LogP contribution in [0.5, 0.6) is 0 Å². The Kier molecular flexibility index (Phi) is 5.15. The molecule has 2 heterocycles. The fourth-order valence-corrected chi connectivity index (χ4v) is 3.20. The molecule has 0 bridgehead atoms. The molecular weight excluding hydrogens is 381 g/mol. The second kappa shape index (κ2) is 7.35.